The van der Waals surface area contributed by atoms with E-state index in [0.717, 1.165) is 16.9 Å². The van der Waals surface area contributed by atoms with Crippen molar-refractivity contribution >= 4 is 33.1 Å². The van der Waals surface area contributed by atoms with Gasteiger partial charge in [-0.25, -0.2) is 8.42 Å². The number of epoxide rings is 1. The lowest BCUT2D eigenvalue weighted by Gasteiger charge is -2.25. The minimum Gasteiger partial charge on any atom is -0.361 e. The van der Waals surface area contributed by atoms with E-state index < -0.39 is 33.6 Å². The third-order valence-electron chi connectivity index (χ3n) is 5.10. The van der Waals surface area contributed by atoms with Crippen LogP contribution in [0.2, 0.25) is 0 Å². The second kappa shape index (κ2) is 9.60. The molecule has 31 heavy (non-hydrogen) atoms. The van der Waals surface area contributed by atoms with Crippen LogP contribution in [0, 0.1) is 5.92 Å². The molecule has 0 radical (unpaired) electrons. The Hall–Kier alpha value is -2.07. The Morgan fingerprint density at radius 1 is 1.13 bits per heavy atom. The zero-order valence-corrected chi connectivity index (χ0v) is 19.5. The van der Waals surface area contributed by atoms with E-state index in [1.54, 1.807) is 18.4 Å². The molecular formula is C22H28N2O5S2. The van der Waals surface area contributed by atoms with Gasteiger partial charge in [-0.1, -0.05) is 50.2 Å². The number of carbonyl (C=O) groups excluding carboxylic acids is 2. The van der Waals surface area contributed by atoms with Crippen molar-refractivity contribution < 1.29 is 22.7 Å². The number of amides is 1. The molecule has 1 aliphatic rings. The molecule has 0 saturated carbocycles. The molecule has 1 saturated heterocycles. The number of thiophene rings is 1. The van der Waals surface area contributed by atoms with Gasteiger partial charge in [-0.2, -0.15) is 4.72 Å². The van der Waals surface area contributed by atoms with Crippen molar-refractivity contribution in [3.8, 4) is 0 Å². The standard InChI is InChI=1S/C22H28N2O5S2/c1-15(2)12-17(20(25)22(3)14-29-22)23-21(26)18(13-16-8-5-4-6-9-16)24-31(27,28)19-10-7-11-30-19/h4-11,15,17-18,24H,12-14H2,1-3H3,(H,23,26)/t17-,18-,22+/m0/s1. The summed E-state index contributed by atoms with van der Waals surface area (Å²) in [7, 11) is -3.88. The fourth-order valence-corrected chi connectivity index (χ4v) is 5.50. The summed E-state index contributed by atoms with van der Waals surface area (Å²) < 4.78 is 33.5. The van der Waals surface area contributed by atoms with Gasteiger partial charge in [-0.15, -0.1) is 11.3 Å². The van der Waals surface area contributed by atoms with E-state index in [4.69, 9.17) is 4.74 Å². The SMILES string of the molecule is CC(C)C[C@H](NC(=O)[C@H](Cc1ccccc1)NS(=O)(=O)c1cccs1)C(=O)[C@@]1(C)CO1. The number of benzene rings is 1. The lowest BCUT2D eigenvalue weighted by molar-refractivity contribution is -0.131. The smallest absolute Gasteiger partial charge is 0.250 e. The number of carbonyl (C=O) groups is 2. The zero-order valence-electron chi connectivity index (χ0n) is 17.8. The van der Waals surface area contributed by atoms with E-state index in [2.05, 4.69) is 10.0 Å². The highest BCUT2D eigenvalue weighted by Crippen LogP contribution is 2.29. The van der Waals surface area contributed by atoms with Gasteiger partial charge in [-0.3, -0.25) is 9.59 Å². The molecule has 168 valence electrons. The summed E-state index contributed by atoms with van der Waals surface area (Å²) in [6, 6.07) is 10.5. The van der Waals surface area contributed by atoms with Crippen molar-refractivity contribution in [2.24, 2.45) is 5.92 Å². The Bertz CT molecular complexity index is 1000. The Labute approximate surface area is 187 Å². The third kappa shape index (κ3) is 6.22. The second-order valence-electron chi connectivity index (χ2n) is 8.37. The summed E-state index contributed by atoms with van der Waals surface area (Å²) in [5.41, 5.74) is -0.0705. The van der Waals surface area contributed by atoms with E-state index in [-0.39, 0.29) is 22.3 Å². The number of rotatable bonds is 11. The molecule has 0 aliphatic carbocycles. The van der Waals surface area contributed by atoms with E-state index in [1.807, 2.05) is 44.2 Å². The Balaban J connectivity index is 1.82. The first-order valence-corrected chi connectivity index (χ1v) is 12.6. The van der Waals surface area contributed by atoms with Crippen LogP contribution >= 0.6 is 11.3 Å². The van der Waals surface area contributed by atoms with Crippen LogP contribution < -0.4 is 10.0 Å². The molecule has 0 bridgehead atoms. The lowest BCUT2D eigenvalue weighted by Crippen LogP contribution is -2.54. The molecule has 1 aliphatic heterocycles. The molecule has 1 aromatic heterocycles. The van der Waals surface area contributed by atoms with Gasteiger partial charge < -0.3 is 10.1 Å². The first-order valence-electron chi connectivity index (χ1n) is 10.2. The van der Waals surface area contributed by atoms with Crippen molar-refractivity contribution in [3.63, 3.8) is 0 Å². The summed E-state index contributed by atoms with van der Waals surface area (Å²) in [5, 5.41) is 4.45. The van der Waals surface area contributed by atoms with Gasteiger partial charge in [0.2, 0.25) is 5.91 Å². The number of hydrogen-bond acceptors (Lipinski definition) is 6. The minimum atomic E-state index is -3.88. The van der Waals surface area contributed by atoms with Gasteiger partial charge in [0.05, 0.1) is 12.6 Å². The lowest BCUT2D eigenvalue weighted by atomic mass is 9.93. The number of sulfonamides is 1. The van der Waals surface area contributed by atoms with Crippen molar-refractivity contribution in [2.75, 3.05) is 6.61 Å². The molecule has 2 heterocycles. The fraction of sp³-hybridized carbons (Fsp3) is 0.455. The molecule has 1 fully saturated rings. The highest BCUT2D eigenvalue weighted by atomic mass is 32.2. The van der Waals surface area contributed by atoms with Crippen LogP contribution in [0.1, 0.15) is 32.8 Å². The normalized spacial score (nSPS) is 20.3. The molecule has 1 amide bonds. The van der Waals surface area contributed by atoms with Crippen LogP contribution in [0.25, 0.3) is 0 Å². The van der Waals surface area contributed by atoms with Crippen LogP contribution in [0.5, 0.6) is 0 Å². The third-order valence-corrected chi connectivity index (χ3v) is 7.96. The topological polar surface area (TPSA) is 105 Å². The molecule has 2 aromatic rings. The van der Waals surface area contributed by atoms with Gasteiger partial charge >= 0.3 is 0 Å². The van der Waals surface area contributed by atoms with Crippen LogP contribution in [-0.2, 0) is 30.8 Å². The van der Waals surface area contributed by atoms with Crippen molar-refractivity contribution in [3.05, 3.63) is 53.4 Å². The fourth-order valence-electron chi connectivity index (χ4n) is 3.29. The summed E-state index contributed by atoms with van der Waals surface area (Å²) in [6.07, 6.45) is 0.604. The van der Waals surface area contributed by atoms with Gasteiger partial charge in [-0.05, 0) is 42.7 Å². The maximum atomic E-state index is 13.2. The van der Waals surface area contributed by atoms with Crippen LogP contribution in [-0.4, -0.2) is 44.4 Å². The molecule has 0 unspecified atom stereocenters. The molecule has 0 spiro atoms. The summed E-state index contributed by atoms with van der Waals surface area (Å²) in [4.78, 5) is 26.1. The monoisotopic (exact) mass is 464 g/mol. The Kier molecular flexibility index (Phi) is 7.31. The first kappa shape index (κ1) is 23.6. The Morgan fingerprint density at radius 3 is 2.35 bits per heavy atom. The van der Waals surface area contributed by atoms with Crippen LogP contribution in [0.4, 0.5) is 0 Å². The molecule has 7 nitrogen and oxygen atoms in total. The predicted molar refractivity (Wildman–Crippen MR) is 119 cm³/mol. The van der Waals surface area contributed by atoms with Crippen molar-refractivity contribution in [2.45, 2.75) is 55.5 Å². The van der Waals surface area contributed by atoms with Gasteiger partial charge in [0.1, 0.15) is 15.9 Å². The largest absolute Gasteiger partial charge is 0.361 e. The molecular weight excluding hydrogens is 436 g/mol. The number of hydrogen-bond donors (Lipinski definition) is 2. The van der Waals surface area contributed by atoms with E-state index in [0.29, 0.717) is 13.0 Å². The average Bonchev–Trinajstić information content (AvgIpc) is 3.22. The molecule has 3 rings (SSSR count). The highest BCUT2D eigenvalue weighted by molar-refractivity contribution is 7.91. The van der Waals surface area contributed by atoms with Crippen molar-refractivity contribution in [1.29, 1.82) is 0 Å². The van der Waals surface area contributed by atoms with Gasteiger partial charge in [0.25, 0.3) is 10.0 Å². The molecule has 2 N–H and O–H groups in total. The number of nitrogens with one attached hydrogen (secondary N) is 2. The predicted octanol–water partition coefficient (Wildman–Crippen LogP) is 2.53. The van der Waals surface area contributed by atoms with E-state index in [9.17, 15) is 18.0 Å². The second-order valence-corrected chi connectivity index (χ2v) is 11.3. The first-order chi connectivity index (χ1) is 14.6. The van der Waals surface area contributed by atoms with E-state index in [1.165, 1.54) is 6.07 Å². The average molecular weight is 465 g/mol. The van der Waals surface area contributed by atoms with E-state index >= 15 is 0 Å². The summed E-state index contributed by atoms with van der Waals surface area (Å²) in [6.45, 7) is 5.96. The summed E-state index contributed by atoms with van der Waals surface area (Å²) >= 11 is 1.08. The van der Waals surface area contributed by atoms with Crippen LogP contribution in [0.15, 0.2) is 52.1 Å². The quantitative estimate of drug-likeness (QED) is 0.497. The molecule has 9 heteroatoms. The van der Waals surface area contributed by atoms with Crippen molar-refractivity contribution in [1.82, 2.24) is 10.0 Å². The maximum Gasteiger partial charge on any atom is 0.250 e. The zero-order chi connectivity index (χ0) is 22.6. The number of ether oxygens (including phenoxy) is 1. The molecule has 1 aromatic carbocycles. The number of ketones is 1. The molecule has 3 atom stereocenters. The van der Waals surface area contributed by atoms with Gasteiger partial charge in [0.15, 0.2) is 5.78 Å². The van der Waals surface area contributed by atoms with Crippen LogP contribution in [0.3, 0.4) is 0 Å². The highest BCUT2D eigenvalue weighted by Gasteiger charge is 2.50. The number of Topliss-reactive ketones (excluding diaryl/α,β-unsaturated/α-hetero) is 1. The summed E-state index contributed by atoms with van der Waals surface area (Å²) in [5.74, 6) is -0.562. The maximum absolute atomic E-state index is 13.2. The minimum absolute atomic E-state index is 0.132. The van der Waals surface area contributed by atoms with Gasteiger partial charge in [0, 0.05) is 0 Å². The Morgan fingerprint density at radius 2 is 1.81 bits per heavy atom.